The second kappa shape index (κ2) is 6.16. The molecular formula is C14H21FN2O. The minimum atomic E-state index is -0.300. The average Bonchev–Trinajstić information content (AvgIpc) is 2.57. The normalized spacial score (nSPS) is 21.8. The molecule has 4 heteroatoms. The van der Waals surface area contributed by atoms with Gasteiger partial charge in [-0.25, -0.2) is 4.39 Å². The molecule has 0 aromatic heterocycles. The standard InChI is InChI=1S/C14H21FN2O/c15-12-6-5-11(14(16)8-12)9-17-7-3-1-2-4-13(17)10-18/h5-6,8,13,18H,1-4,7,9-10,16H2. The number of aliphatic hydroxyl groups is 1. The fraction of sp³-hybridized carbons (Fsp3) is 0.571. The van der Waals surface area contributed by atoms with E-state index in [-0.39, 0.29) is 18.5 Å². The van der Waals surface area contributed by atoms with Crippen molar-refractivity contribution in [2.45, 2.75) is 38.3 Å². The third-order valence-electron chi connectivity index (χ3n) is 3.69. The summed E-state index contributed by atoms with van der Waals surface area (Å²) in [6.07, 6.45) is 4.56. The summed E-state index contributed by atoms with van der Waals surface area (Å²) >= 11 is 0. The number of benzene rings is 1. The third-order valence-corrected chi connectivity index (χ3v) is 3.69. The van der Waals surface area contributed by atoms with Gasteiger partial charge in [0, 0.05) is 18.3 Å². The van der Waals surface area contributed by atoms with Crippen molar-refractivity contribution < 1.29 is 9.50 Å². The molecule has 0 spiro atoms. The Morgan fingerprint density at radius 3 is 2.89 bits per heavy atom. The molecular weight excluding hydrogens is 231 g/mol. The van der Waals surface area contributed by atoms with E-state index >= 15 is 0 Å². The van der Waals surface area contributed by atoms with E-state index in [1.165, 1.54) is 25.0 Å². The molecule has 1 atom stereocenters. The Kier molecular flexibility index (Phi) is 4.55. The van der Waals surface area contributed by atoms with Gasteiger partial charge >= 0.3 is 0 Å². The van der Waals surface area contributed by atoms with Gasteiger partial charge in [-0.3, -0.25) is 4.90 Å². The van der Waals surface area contributed by atoms with Gasteiger partial charge in [0.15, 0.2) is 0 Å². The van der Waals surface area contributed by atoms with Crippen LogP contribution in [-0.2, 0) is 6.54 Å². The molecule has 18 heavy (non-hydrogen) atoms. The molecule has 0 radical (unpaired) electrons. The number of likely N-dealkylation sites (tertiary alicyclic amines) is 1. The number of nitrogen functional groups attached to an aromatic ring is 1. The highest BCUT2D eigenvalue weighted by molar-refractivity contribution is 5.46. The van der Waals surface area contributed by atoms with Crippen molar-refractivity contribution in [1.82, 2.24) is 4.90 Å². The molecule has 3 nitrogen and oxygen atoms in total. The highest BCUT2D eigenvalue weighted by Gasteiger charge is 2.20. The van der Waals surface area contributed by atoms with Crippen LogP contribution >= 0.6 is 0 Å². The summed E-state index contributed by atoms with van der Waals surface area (Å²) in [6.45, 7) is 1.85. The fourth-order valence-electron chi connectivity index (χ4n) is 2.58. The van der Waals surface area contributed by atoms with Crippen molar-refractivity contribution in [3.05, 3.63) is 29.6 Å². The van der Waals surface area contributed by atoms with E-state index in [0.29, 0.717) is 12.2 Å². The third kappa shape index (κ3) is 3.21. The Bertz CT molecular complexity index is 397. The maximum atomic E-state index is 13.0. The molecule has 3 N–H and O–H groups in total. The summed E-state index contributed by atoms with van der Waals surface area (Å²) in [4.78, 5) is 2.26. The molecule has 2 rings (SSSR count). The van der Waals surface area contributed by atoms with Gasteiger partial charge in [-0.15, -0.1) is 0 Å². The molecule has 1 aliphatic heterocycles. The number of aliphatic hydroxyl groups excluding tert-OH is 1. The first-order chi connectivity index (χ1) is 8.70. The van der Waals surface area contributed by atoms with E-state index in [1.807, 2.05) is 0 Å². The summed E-state index contributed by atoms with van der Waals surface area (Å²) < 4.78 is 13.0. The van der Waals surface area contributed by atoms with Gasteiger partial charge in [0.25, 0.3) is 0 Å². The average molecular weight is 252 g/mol. The van der Waals surface area contributed by atoms with E-state index in [4.69, 9.17) is 5.73 Å². The molecule has 1 heterocycles. The molecule has 0 saturated carbocycles. The van der Waals surface area contributed by atoms with Crippen LogP contribution in [0.15, 0.2) is 18.2 Å². The van der Waals surface area contributed by atoms with Crippen LogP contribution in [0.1, 0.15) is 31.2 Å². The topological polar surface area (TPSA) is 49.5 Å². The van der Waals surface area contributed by atoms with Crippen LogP contribution < -0.4 is 5.73 Å². The Morgan fingerprint density at radius 1 is 1.33 bits per heavy atom. The summed E-state index contributed by atoms with van der Waals surface area (Å²) in [5.41, 5.74) is 7.27. The smallest absolute Gasteiger partial charge is 0.125 e. The predicted octanol–water partition coefficient (Wildman–Crippen LogP) is 2.14. The maximum Gasteiger partial charge on any atom is 0.125 e. The van der Waals surface area contributed by atoms with E-state index in [0.717, 1.165) is 24.9 Å². The Labute approximate surface area is 107 Å². The van der Waals surface area contributed by atoms with Gasteiger partial charge in [0.1, 0.15) is 5.82 Å². The maximum absolute atomic E-state index is 13.0. The van der Waals surface area contributed by atoms with Gasteiger partial charge in [-0.1, -0.05) is 18.9 Å². The lowest BCUT2D eigenvalue weighted by Gasteiger charge is -2.28. The summed E-state index contributed by atoms with van der Waals surface area (Å²) in [6, 6.07) is 4.75. The largest absolute Gasteiger partial charge is 0.398 e. The lowest BCUT2D eigenvalue weighted by atomic mass is 10.1. The minimum absolute atomic E-state index is 0.182. The van der Waals surface area contributed by atoms with Crippen LogP contribution in [0, 0.1) is 5.82 Å². The number of nitrogens with two attached hydrogens (primary N) is 1. The molecule has 0 bridgehead atoms. The molecule has 1 saturated heterocycles. The van der Waals surface area contributed by atoms with Crippen molar-refractivity contribution in [2.75, 3.05) is 18.9 Å². The van der Waals surface area contributed by atoms with Gasteiger partial charge < -0.3 is 10.8 Å². The van der Waals surface area contributed by atoms with Gasteiger partial charge in [-0.05, 0) is 37.1 Å². The molecule has 0 amide bonds. The van der Waals surface area contributed by atoms with Crippen LogP contribution in [0.5, 0.6) is 0 Å². The Hall–Kier alpha value is -1.13. The minimum Gasteiger partial charge on any atom is -0.398 e. The number of hydrogen-bond acceptors (Lipinski definition) is 3. The van der Waals surface area contributed by atoms with E-state index in [2.05, 4.69) is 4.90 Å². The van der Waals surface area contributed by atoms with Crippen LogP contribution in [0.3, 0.4) is 0 Å². The molecule has 0 aliphatic carbocycles. The van der Waals surface area contributed by atoms with Crippen LogP contribution in [0.4, 0.5) is 10.1 Å². The highest BCUT2D eigenvalue weighted by Crippen LogP contribution is 2.22. The number of anilines is 1. The Balaban J connectivity index is 2.10. The lowest BCUT2D eigenvalue weighted by Crippen LogP contribution is -2.37. The zero-order chi connectivity index (χ0) is 13.0. The summed E-state index contributed by atoms with van der Waals surface area (Å²) in [7, 11) is 0. The molecule has 1 aliphatic rings. The van der Waals surface area contributed by atoms with Crippen molar-refractivity contribution >= 4 is 5.69 Å². The first-order valence-electron chi connectivity index (χ1n) is 6.59. The number of nitrogens with zero attached hydrogens (tertiary/aromatic N) is 1. The zero-order valence-corrected chi connectivity index (χ0v) is 10.6. The van der Waals surface area contributed by atoms with Crippen LogP contribution in [0.25, 0.3) is 0 Å². The molecule has 1 aromatic rings. The lowest BCUT2D eigenvalue weighted by molar-refractivity contribution is 0.118. The van der Waals surface area contributed by atoms with Crippen LogP contribution in [0.2, 0.25) is 0 Å². The van der Waals surface area contributed by atoms with Crippen molar-refractivity contribution in [1.29, 1.82) is 0 Å². The molecule has 100 valence electrons. The van der Waals surface area contributed by atoms with Crippen molar-refractivity contribution in [3.8, 4) is 0 Å². The fourth-order valence-corrected chi connectivity index (χ4v) is 2.58. The number of rotatable bonds is 3. The summed E-state index contributed by atoms with van der Waals surface area (Å²) in [5, 5.41) is 9.44. The van der Waals surface area contributed by atoms with Gasteiger partial charge in [0.05, 0.1) is 6.61 Å². The van der Waals surface area contributed by atoms with Gasteiger partial charge in [0.2, 0.25) is 0 Å². The molecule has 1 fully saturated rings. The van der Waals surface area contributed by atoms with E-state index < -0.39 is 0 Å². The Morgan fingerprint density at radius 2 is 2.17 bits per heavy atom. The van der Waals surface area contributed by atoms with Crippen molar-refractivity contribution in [3.63, 3.8) is 0 Å². The molecule has 1 aromatic carbocycles. The van der Waals surface area contributed by atoms with Crippen LogP contribution in [-0.4, -0.2) is 29.2 Å². The SMILES string of the molecule is Nc1cc(F)ccc1CN1CCCCCC1CO. The second-order valence-electron chi connectivity index (χ2n) is 5.00. The number of hydrogen-bond donors (Lipinski definition) is 2. The van der Waals surface area contributed by atoms with Crippen molar-refractivity contribution in [2.24, 2.45) is 0 Å². The second-order valence-corrected chi connectivity index (χ2v) is 5.00. The first-order valence-corrected chi connectivity index (χ1v) is 6.59. The highest BCUT2D eigenvalue weighted by atomic mass is 19.1. The quantitative estimate of drug-likeness (QED) is 0.810. The summed E-state index contributed by atoms with van der Waals surface area (Å²) in [5.74, 6) is -0.300. The first kappa shape index (κ1) is 13.3. The zero-order valence-electron chi connectivity index (χ0n) is 10.6. The van der Waals surface area contributed by atoms with E-state index in [9.17, 15) is 9.50 Å². The number of halogens is 1. The predicted molar refractivity (Wildman–Crippen MR) is 70.6 cm³/mol. The monoisotopic (exact) mass is 252 g/mol. The van der Waals surface area contributed by atoms with E-state index in [1.54, 1.807) is 6.07 Å². The van der Waals surface area contributed by atoms with Gasteiger partial charge in [-0.2, -0.15) is 0 Å². The molecule has 1 unspecified atom stereocenters.